The minimum atomic E-state index is -6.17. The number of halogens is 3. The average Bonchev–Trinajstić information content (AvgIpc) is 2.98. The Morgan fingerprint density at radius 2 is 1.96 bits per heavy atom. The summed E-state index contributed by atoms with van der Waals surface area (Å²) in [5.74, 6) is -2.08. The monoisotopic (exact) mass is 390 g/mol. The van der Waals surface area contributed by atoms with Gasteiger partial charge in [0.15, 0.2) is 0 Å². The summed E-state index contributed by atoms with van der Waals surface area (Å²) in [6, 6.07) is 0. The molecule has 14 heteroatoms. The van der Waals surface area contributed by atoms with Crippen molar-refractivity contribution < 1.29 is 43.7 Å². The van der Waals surface area contributed by atoms with Gasteiger partial charge < -0.3 is 4.74 Å². The molecule has 1 N–H and O–H groups in total. The predicted octanol–water partition coefficient (Wildman–Crippen LogP) is -0.321. The first-order chi connectivity index (χ1) is 10.8. The molecule has 0 spiro atoms. The number of sulfonamides is 1. The molecule has 2 bridgehead atoms. The van der Waals surface area contributed by atoms with Crippen molar-refractivity contribution in [3.63, 3.8) is 0 Å². The lowest BCUT2D eigenvalue weighted by atomic mass is 9.82. The molecule has 134 valence electrons. The van der Waals surface area contributed by atoms with Crippen molar-refractivity contribution in [2.75, 3.05) is 0 Å². The standard InChI is InChI=1S/C10H9F3N2O7S2/c1-14-9-3-4-2-5(9)7(21-8(9)16)6(4)22-24(19,20)15-23(17,18)10(11,12)13/h4-7,15H,2-3H2. The molecule has 0 radical (unpaired) electrons. The second-order valence-electron chi connectivity index (χ2n) is 5.76. The third-order valence-corrected chi connectivity index (χ3v) is 7.26. The van der Waals surface area contributed by atoms with E-state index in [0.29, 0.717) is 4.13 Å². The first-order valence-corrected chi connectivity index (χ1v) is 9.35. The van der Waals surface area contributed by atoms with E-state index in [1.54, 1.807) is 0 Å². The van der Waals surface area contributed by atoms with Gasteiger partial charge in [-0.15, -0.1) is 0 Å². The van der Waals surface area contributed by atoms with Gasteiger partial charge in [-0.3, -0.25) is 4.85 Å². The number of nitrogens with one attached hydrogen (secondary N) is 1. The van der Waals surface area contributed by atoms with E-state index in [4.69, 9.17) is 11.3 Å². The summed E-state index contributed by atoms with van der Waals surface area (Å²) in [6.45, 7) is 7.14. The van der Waals surface area contributed by atoms with Crippen LogP contribution in [0.15, 0.2) is 0 Å². The van der Waals surface area contributed by atoms with Crippen molar-refractivity contribution in [1.82, 2.24) is 4.13 Å². The molecule has 1 saturated heterocycles. The number of rotatable bonds is 4. The molecule has 1 aliphatic heterocycles. The molecule has 3 fully saturated rings. The van der Waals surface area contributed by atoms with Crippen molar-refractivity contribution in [3.05, 3.63) is 11.4 Å². The van der Waals surface area contributed by atoms with Gasteiger partial charge in [0.05, 0.1) is 5.92 Å². The van der Waals surface area contributed by atoms with Crippen LogP contribution >= 0.6 is 0 Å². The molecule has 1 heterocycles. The molecule has 0 aromatic rings. The Bertz CT molecular complexity index is 847. The van der Waals surface area contributed by atoms with Gasteiger partial charge in [-0.2, -0.15) is 21.6 Å². The molecule has 24 heavy (non-hydrogen) atoms. The van der Waals surface area contributed by atoms with Crippen LogP contribution in [-0.2, 0) is 34.0 Å². The van der Waals surface area contributed by atoms with Gasteiger partial charge in [0.1, 0.15) is 12.2 Å². The van der Waals surface area contributed by atoms with Crippen LogP contribution in [0, 0.1) is 18.4 Å². The topological polar surface area (TPSA) is 120 Å². The lowest BCUT2D eigenvalue weighted by Crippen LogP contribution is -2.46. The van der Waals surface area contributed by atoms with Crippen LogP contribution in [0.4, 0.5) is 13.2 Å². The first-order valence-electron chi connectivity index (χ1n) is 6.46. The van der Waals surface area contributed by atoms with Crippen LogP contribution in [0.1, 0.15) is 12.8 Å². The van der Waals surface area contributed by atoms with Gasteiger partial charge >= 0.3 is 37.3 Å². The maximum absolute atomic E-state index is 12.3. The highest BCUT2D eigenvalue weighted by molar-refractivity contribution is 8.03. The predicted molar refractivity (Wildman–Crippen MR) is 67.3 cm³/mol. The summed E-state index contributed by atoms with van der Waals surface area (Å²) in [4.78, 5) is 15.1. The molecular weight excluding hydrogens is 381 g/mol. The van der Waals surface area contributed by atoms with Crippen LogP contribution in [0.2, 0.25) is 0 Å². The van der Waals surface area contributed by atoms with E-state index >= 15 is 0 Å². The van der Waals surface area contributed by atoms with E-state index in [2.05, 4.69) is 9.03 Å². The molecule has 5 atom stereocenters. The SMILES string of the molecule is [C-]#[N+]C12CC3CC1C(OC2=O)C3OS(=O)(=O)NS(=O)(=O)C(F)(F)F. The smallest absolute Gasteiger partial charge is 0.453 e. The number of esters is 1. The zero-order valence-corrected chi connectivity index (χ0v) is 13.1. The van der Waals surface area contributed by atoms with Gasteiger partial charge in [-0.25, -0.2) is 24.0 Å². The van der Waals surface area contributed by atoms with Gasteiger partial charge in [0, 0.05) is 6.42 Å². The normalized spacial score (nSPS) is 38.2. The molecule has 9 nitrogen and oxygen atoms in total. The lowest BCUT2D eigenvalue weighted by Gasteiger charge is -2.25. The molecule has 2 aliphatic carbocycles. The highest BCUT2D eigenvalue weighted by Crippen LogP contribution is 2.59. The summed E-state index contributed by atoms with van der Waals surface area (Å²) in [6.07, 6.45) is -2.28. The van der Waals surface area contributed by atoms with Gasteiger partial charge in [-0.1, -0.05) is 4.13 Å². The summed E-state index contributed by atoms with van der Waals surface area (Å²) < 4.78 is 91.7. The molecule has 2 saturated carbocycles. The number of carbonyl (C=O) groups excluding carboxylic acids is 1. The van der Waals surface area contributed by atoms with Crippen LogP contribution in [-0.4, -0.2) is 46.1 Å². The second-order valence-corrected chi connectivity index (χ2v) is 9.00. The molecule has 5 unspecified atom stereocenters. The van der Waals surface area contributed by atoms with E-state index in [9.17, 15) is 34.8 Å². The van der Waals surface area contributed by atoms with E-state index in [1.807, 2.05) is 0 Å². The van der Waals surface area contributed by atoms with E-state index < -0.39 is 61.4 Å². The number of hydrogen-bond donors (Lipinski definition) is 1. The quantitative estimate of drug-likeness (QED) is 0.516. The zero-order chi connectivity index (χ0) is 18.1. The van der Waals surface area contributed by atoms with Crippen LogP contribution in [0.3, 0.4) is 0 Å². The molecule has 0 aromatic heterocycles. The fraction of sp³-hybridized carbons (Fsp3) is 0.800. The number of carbonyl (C=O) groups is 1. The highest BCUT2D eigenvalue weighted by atomic mass is 32.3. The van der Waals surface area contributed by atoms with Gasteiger partial charge in [0.2, 0.25) is 0 Å². The maximum atomic E-state index is 12.3. The number of nitrogens with zero attached hydrogens (tertiary/aromatic N) is 1. The number of ether oxygens (including phenoxy) is 1. The van der Waals surface area contributed by atoms with Crippen molar-refractivity contribution in [3.8, 4) is 0 Å². The van der Waals surface area contributed by atoms with Crippen molar-refractivity contribution in [2.24, 2.45) is 11.8 Å². The molecule has 0 aromatic carbocycles. The molecule has 3 rings (SSSR count). The average molecular weight is 390 g/mol. The molecular formula is C10H9F3N2O7S2. The fourth-order valence-electron chi connectivity index (χ4n) is 3.57. The Balaban J connectivity index is 1.80. The third-order valence-electron chi connectivity index (χ3n) is 4.48. The molecule has 0 amide bonds. The molecule has 3 aliphatic rings. The Morgan fingerprint density at radius 3 is 2.50 bits per heavy atom. The van der Waals surface area contributed by atoms with Crippen LogP contribution in [0.5, 0.6) is 0 Å². The largest absolute Gasteiger partial charge is 0.512 e. The zero-order valence-electron chi connectivity index (χ0n) is 11.5. The lowest BCUT2D eigenvalue weighted by molar-refractivity contribution is -0.145. The van der Waals surface area contributed by atoms with Gasteiger partial charge in [0.25, 0.3) is 0 Å². The van der Waals surface area contributed by atoms with E-state index in [0.717, 1.165) is 0 Å². The summed E-state index contributed by atoms with van der Waals surface area (Å²) in [7, 11) is -11.5. The Kier molecular flexibility index (Phi) is 3.48. The Labute approximate surface area is 134 Å². The van der Waals surface area contributed by atoms with E-state index in [-0.39, 0.29) is 12.8 Å². The Morgan fingerprint density at radius 1 is 1.33 bits per heavy atom. The minimum absolute atomic E-state index is 0.0529. The highest BCUT2D eigenvalue weighted by Gasteiger charge is 2.77. The summed E-state index contributed by atoms with van der Waals surface area (Å²) >= 11 is 0. The van der Waals surface area contributed by atoms with Crippen molar-refractivity contribution >= 4 is 26.3 Å². The minimum Gasteiger partial charge on any atom is -0.453 e. The van der Waals surface area contributed by atoms with Crippen LogP contribution < -0.4 is 4.13 Å². The first kappa shape index (κ1) is 17.4. The Hall–Kier alpha value is -1.43. The number of hydrogen-bond acceptors (Lipinski definition) is 7. The maximum Gasteiger partial charge on any atom is 0.512 e. The van der Waals surface area contributed by atoms with Crippen LogP contribution in [0.25, 0.3) is 4.85 Å². The van der Waals surface area contributed by atoms with Crippen molar-refractivity contribution in [2.45, 2.75) is 36.1 Å². The van der Waals surface area contributed by atoms with Crippen molar-refractivity contribution in [1.29, 1.82) is 0 Å². The second kappa shape index (κ2) is 4.81. The van der Waals surface area contributed by atoms with E-state index in [1.165, 1.54) is 0 Å². The fourth-order valence-corrected chi connectivity index (χ4v) is 5.74. The van der Waals surface area contributed by atoms with Gasteiger partial charge in [-0.05, 0) is 12.3 Å². The summed E-state index contributed by atoms with van der Waals surface area (Å²) in [5, 5.41) is 0. The summed E-state index contributed by atoms with van der Waals surface area (Å²) in [5.41, 5.74) is -7.25. The number of alkyl halides is 3. The third kappa shape index (κ3) is 2.30. The number of fused-ring (bicyclic) bond motifs is 1.